The number of halogens is 1. The molecule has 1 fully saturated rings. The van der Waals surface area contributed by atoms with Gasteiger partial charge in [-0.2, -0.15) is 0 Å². The number of piperidine rings is 1. The first-order chi connectivity index (χ1) is 16.5. The number of nitrogens with one attached hydrogen (secondary N) is 1. The molecule has 1 saturated heterocycles. The third kappa shape index (κ3) is 5.20. The first-order valence-corrected chi connectivity index (χ1v) is 11.2. The van der Waals surface area contributed by atoms with Crippen LogP contribution in [0.3, 0.4) is 0 Å². The van der Waals surface area contributed by atoms with Gasteiger partial charge in [-0.05, 0) is 73.0 Å². The normalized spacial score (nSPS) is 15.5. The number of ether oxygens (including phenoxy) is 2. The van der Waals surface area contributed by atoms with Crippen LogP contribution in [0.2, 0.25) is 0 Å². The van der Waals surface area contributed by atoms with Crippen LogP contribution < -0.4 is 14.8 Å². The summed E-state index contributed by atoms with van der Waals surface area (Å²) in [7, 11) is 3.22. The lowest BCUT2D eigenvalue weighted by atomic mass is 9.96. The van der Waals surface area contributed by atoms with Crippen LogP contribution in [0.1, 0.15) is 23.2 Å². The second kappa shape index (κ2) is 10.4. The Hall–Kier alpha value is -3.87. The molecule has 0 aromatic heterocycles. The Labute approximate surface area is 198 Å². The highest BCUT2D eigenvalue weighted by Gasteiger charge is 2.29. The summed E-state index contributed by atoms with van der Waals surface area (Å²) in [5.41, 5.74) is 2.85. The molecule has 4 rings (SSSR count). The van der Waals surface area contributed by atoms with Gasteiger partial charge in [-0.1, -0.05) is 12.1 Å². The van der Waals surface area contributed by atoms with Crippen LogP contribution >= 0.6 is 0 Å². The fraction of sp³-hybridized carbons (Fsp3) is 0.259. The number of carbonyl (C=O) groups is 2. The molecule has 7 heteroatoms. The highest BCUT2D eigenvalue weighted by Crippen LogP contribution is 2.34. The molecule has 1 N–H and O–H groups in total. The zero-order valence-electron chi connectivity index (χ0n) is 19.2. The molecule has 0 radical (unpaired) electrons. The summed E-state index contributed by atoms with van der Waals surface area (Å²) in [5.74, 6) is 0.401. The maximum Gasteiger partial charge on any atom is 0.253 e. The van der Waals surface area contributed by atoms with Gasteiger partial charge in [0.15, 0.2) is 0 Å². The van der Waals surface area contributed by atoms with Crippen LogP contribution in [0, 0.1) is 11.7 Å². The number of methoxy groups -OCH3 is 2. The lowest BCUT2D eigenvalue weighted by Crippen LogP contribution is -2.43. The summed E-state index contributed by atoms with van der Waals surface area (Å²) < 4.78 is 23.9. The van der Waals surface area contributed by atoms with Gasteiger partial charge in [0.25, 0.3) is 5.91 Å². The fourth-order valence-electron chi connectivity index (χ4n) is 4.18. The molecule has 0 spiro atoms. The van der Waals surface area contributed by atoms with Crippen molar-refractivity contribution in [3.05, 3.63) is 78.1 Å². The minimum absolute atomic E-state index is 0.137. The first kappa shape index (κ1) is 23.3. The Bertz CT molecular complexity index is 1160. The molecule has 0 saturated carbocycles. The third-order valence-electron chi connectivity index (χ3n) is 6.04. The quantitative estimate of drug-likeness (QED) is 0.560. The van der Waals surface area contributed by atoms with E-state index in [9.17, 15) is 14.0 Å². The minimum Gasteiger partial charge on any atom is -0.497 e. The number of rotatable bonds is 6. The number of hydrogen-bond donors (Lipinski definition) is 1. The zero-order chi connectivity index (χ0) is 24.1. The van der Waals surface area contributed by atoms with Gasteiger partial charge in [-0.15, -0.1) is 0 Å². The Morgan fingerprint density at radius 3 is 2.38 bits per heavy atom. The third-order valence-corrected chi connectivity index (χ3v) is 6.04. The largest absolute Gasteiger partial charge is 0.497 e. The lowest BCUT2D eigenvalue weighted by Gasteiger charge is -2.32. The van der Waals surface area contributed by atoms with Gasteiger partial charge in [0.05, 0.1) is 20.1 Å². The van der Waals surface area contributed by atoms with Crippen molar-refractivity contribution in [1.29, 1.82) is 0 Å². The highest BCUT2D eigenvalue weighted by molar-refractivity contribution is 5.96. The summed E-state index contributed by atoms with van der Waals surface area (Å²) in [4.78, 5) is 27.5. The van der Waals surface area contributed by atoms with E-state index in [1.54, 1.807) is 25.2 Å². The summed E-state index contributed by atoms with van der Waals surface area (Å²) in [6, 6.07) is 18.6. The second-order valence-electron chi connectivity index (χ2n) is 8.23. The molecule has 3 aromatic rings. The topological polar surface area (TPSA) is 67.9 Å². The van der Waals surface area contributed by atoms with Crippen molar-refractivity contribution in [2.24, 2.45) is 5.92 Å². The zero-order valence-corrected chi connectivity index (χ0v) is 19.2. The summed E-state index contributed by atoms with van der Waals surface area (Å²) in [6.45, 7) is 0.897. The number of benzene rings is 3. The van der Waals surface area contributed by atoms with E-state index in [2.05, 4.69) is 5.32 Å². The van der Waals surface area contributed by atoms with Crippen LogP contribution in [0.5, 0.6) is 11.5 Å². The van der Waals surface area contributed by atoms with E-state index >= 15 is 0 Å². The van der Waals surface area contributed by atoms with Gasteiger partial charge >= 0.3 is 0 Å². The predicted octanol–water partition coefficient (Wildman–Crippen LogP) is 5.00. The average molecular weight is 463 g/mol. The molecule has 34 heavy (non-hydrogen) atoms. The van der Waals surface area contributed by atoms with Crippen LogP contribution in [0.4, 0.5) is 10.1 Å². The molecule has 0 aliphatic carbocycles. The maximum absolute atomic E-state index is 13.2. The Balaban J connectivity index is 1.47. The van der Waals surface area contributed by atoms with Gasteiger partial charge in [0.2, 0.25) is 5.91 Å². The van der Waals surface area contributed by atoms with E-state index in [4.69, 9.17) is 9.47 Å². The minimum atomic E-state index is -0.388. The predicted molar refractivity (Wildman–Crippen MR) is 129 cm³/mol. The van der Waals surface area contributed by atoms with E-state index in [0.717, 1.165) is 23.3 Å². The van der Waals surface area contributed by atoms with Crippen molar-refractivity contribution in [2.75, 3.05) is 32.6 Å². The number of amides is 2. The molecule has 1 aliphatic rings. The van der Waals surface area contributed by atoms with Gasteiger partial charge in [0.1, 0.15) is 17.3 Å². The van der Waals surface area contributed by atoms with Gasteiger partial charge in [-0.25, -0.2) is 4.39 Å². The summed E-state index contributed by atoms with van der Waals surface area (Å²) >= 11 is 0. The van der Waals surface area contributed by atoms with E-state index in [-0.39, 0.29) is 23.5 Å². The molecule has 1 aliphatic heterocycles. The van der Waals surface area contributed by atoms with Crippen molar-refractivity contribution < 1.29 is 23.5 Å². The Morgan fingerprint density at radius 1 is 0.971 bits per heavy atom. The van der Waals surface area contributed by atoms with Crippen molar-refractivity contribution in [3.8, 4) is 22.6 Å². The van der Waals surface area contributed by atoms with Crippen LogP contribution in [-0.2, 0) is 4.79 Å². The second-order valence-corrected chi connectivity index (χ2v) is 8.23. The summed E-state index contributed by atoms with van der Waals surface area (Å²) in [5, 5.41) is 3.00. The number of carbonyl (C=O) groups excluding carboxylic acids is 2. The van der Waals surface area contributed by atoms with Crippen molar-refractivity contribution in [2.45, 2.75) is 12.8 Å². The lowest BCUT2D eigenvalue weighted by molar-refractivity contribution is -0.121. The van der Waals surface area contributed by atoms with E-state index in [1.165, 1.54) is 24.3 Å². The van der Waals surface area contributed by atoms with Gasteiger partial charge in [-0.3, -0.25) is 9.59 Å². The maximum atomic E-state index is 13.2. The standard InChI is InChI=1S/C27H27FN2O4/c1-33-23-12-7-18(8-13-23)24-16-22(11-14-25(24)34-2)29-26(31)20-4-3-15-30(17-20)27(32)19-5-9-21(28)10-6-19/h5-14,16,20H,3-4,15,17H2,1-2H3,(H,29,31)/t20-/m1/s1. The van der Waals surface area contributed by atoms with Crippen molar-refractivity contribution >= 4 is 17.5 Å². The SMILES string of the molecule is COc1ccc(-c2cc(NC(=O)[C@@H]3CCCN(C(=O)c4ccc(F)cc4)C3)ccc2OC)cc1. The van der Waals surface area contributed by atoms with Crippen molar-refractivity contribution in [3.63, 3.8) is 0 Å². The van der Waals surface area contributed by atoms with Crippen LogP contribution in [-0.4, -0.2) is 44.0 Å². The fourth-order valence-corrected chi connectivity index (χ4v) is 4.18. The number of nitrogens with zero attached hydrogens (tertiary/aromatic N) is 1. The molecule has 2 amide bonds. The molecule has 3 aromatic carbocycles. The first-order valence-electron chi connectivity index (χ1n) is 11.2. The molecule has 6 nitrogen and oxygen atoms in total. The number of likely N-dealkylation sites (tertiary alicyclic amines) is 1. The monoisotopic (exact) mass is 462 g/mol. The summed E-state index contributed by atoms with van der Waals surface area (Å²) in [6.07, 6.45) is 1.42. The highest BCUT2D eigenvalue weighted by atomic mass is 19.1. The molecular weight excluding hydrogens is 435 g/mol. The number of hydrogen-bond acceptors (Lipinski definition) is 4. The van der Waals surface area contributed by atoms with E-state index in [0.29, 0.717) is 36.5 Å². The molecule has 0 unspecified atom stereocenters. The van der Waals surface area contributed by atoms with Crippen LogP contribution in [0.25, 0.3) is 11.1 Å². The molecule has 176 valence electrons. The molecule has 0 bridgehead atoms. The molecule has 1 heterocycles. The Kier molecular flexibility index (Phi) is 7.11. The van der Waals surface area contributed by atoms with Crippen molar-refractivity contribution in [1.82, 2.24) is 4.90 Å². The molecular formula is C27H27FN2O4. The molecule has 1 atom stereocenters. The average Bonchev–Trinajstić information content (AvgIpc) is 2.89. The van der Waals surface area contributed by atoms with Gasteiger partial charge in [0, 0.05) is 29.9 Å². The van der Waals surface area contributed by atoms with Gasteiger partial charge < -0.3 is 19.7 Å². The smallest absolute Gasteiger partial charge is 0.253 e. The number of anilines is 1. The van der Waals surface area contributed by atoms with E-state index in [1.807, 2.05) is 36.4 Å². The Morgan fingerprint density at radius 2 is 1.71 bits per heavy atom. The van der Waals surface area contributed by atoms with Crippen LogP contribution in [0.15, 0.2) is 66.7 Å². The van der Waals surface area contributed by atoms with E-state index < -0.39 is 0 Å².